The normalized spacial score (nSPS) is 26.2. The van der Waals surface area contributed by atoms with E-state index in [1.54, 1.807) is 6.20 Å². The Kier molecular flexibility index (Phi) is 4.22. The van der Waals surface area contributed by atoms with E-state index in [2.05, 4.69) is 31.1 Å². The van der Waals surface area contributed by atoms with Crippen LogP contribution in [0.5, 0.6) is 0 Å². The van der Waals surface area contributed by atoms with Crippen molar-refractivity contribution in [2.45, 2.75) is 18.9 Å². The van der Waals surface area contributed by atoms with Crippen LogP contribution in [0.2, 0.25) is 0 Å². The molecule has 0 aliphatic carbocycles. The third kappa shape index (κ3) is 3.20. The molecule has 4 nitrogen and oxygen atoms in total. The highest BCUT2D eigenvalue weighted by Gasteiger charge is 2.35. The number of nitrogens with one attached hydrogen (secondary N) is 1. The summed E-state index contributed by atoms with van der Waals surface area (Å²) in [4.78, 5) is 20.3. The van der Waals surface area contributed by atoms with Gasteiger partial charge in [-0.2, -0.15) is 0 Å². The number of hydrogen-bond acceptors (Lipinski definition) is 4. The van der Waals surface area contributed by atoms with E-state index < -0.39 is 0 Å². The van der Waals surface area contributed by atoms with Gasteiger partial charge in [-0.15, -0.1) is 11.3 Å². The van der Waals surface area contributed by atoms with Crippen molar-refractivity contribution in [2.75, 3.05) is 19.6 Å². The van der Waals surface area contributed by atoms with Crippen molar-refractivity contribution in [3.8, 4) is 10.4 Å². The lowest BCUT2D eigenvalue weighted by atomic mass is 9.84. The van der Waals surface area contributed by atoms with Crippen molar-refractivity contribution in [1.82, 2.24) is 15.2 Å². The lowest BCUT2D eigenvalue weighted by Crippen LogP contribution is -2.57. The van der Waals surface area contributed by atoms with Crippen LogP contribution in [0.3, 0.4) is 0 Å². The molecule has 1 aromatic heterocycles. The second kappa shape index (κ2) is 6.34. The molecule has 6 heteroatoms. The fourth-order valence-electron chi connectivity index (χ4n) is 3.49. The molecule has 0 radical (unpaired) electrons. The van der Waals surface area contributed by atoms with Gasteiger partial charge in [0.05, 0.1) is 4.88 Å². The van der Waals surface area contributed by atoms with E-state index in [1.807, 2.05) is 24.3 Å². The number of carbonyl (C=O) groups is 1. The molecule has 5 rings (SSSR count). The van der Waals surface area contributed by atoms with Crippen molar-refractivity contribution >= 4 is 33.2 Å². The van der Waals surface area contributed by atoms with Gasteiger partial charge in [-0.25, -0.2) is 4.98 Å². The molecule has 1 atom stereocenters. The van der Waals surface area contributed by atoms with Crippen LogP contribution in [-0.2, 0) is 0 Å². The summed E-state index contributed by atoms with van der Waals surface area (Å²) < 4.78 is 1.05. The fraction of sp³-hybridized carbons (Fsp3) is 0.412. The van der Waals surface area contributed by atoms with Gasteiger partial charge < -0.3 is 10.2 Å². The summed E-state index contributed by atoms with van der Waals surface area (Å²) in [6.07, 6.45) is 4.19. The van der Waals surface area contributed by atoms with Gasteiger partial charge in [-0.1, -0.05) is 28.1 Å². The molecule has 2 bridgehead atoms. The minimum atomic E-state index is -0.0305. The molecule has 3 fully saturated rings. The Morgan fingerprint density at radius 1 is 1.26 bits per heavy atom. The highest BCUT2D eigenvalue weighted by atomic mass is 79.9. The van der Waals surface area contributed by atoms with E-state index in [4.69, 9.17) is 0 Å². The number of amides is 1. The molecule has 0 saturated carbocycles. The molecule has 1 aromatic carbocycles. The number of aromatic nitrogens is 1. The number of fused-ring (bicyclic) bond motifs is 3. The molecule has 23 heavy (non-hydrogen) atoms. The van der Waals surface area contributed by atoms with Crippen molar-refractivity contribution in [1.29, 1.82) is 0 Å². The van der Waals surface area contributed by atoms with Crippen LogP contribution in [0.25, 0.3) is 10.4 Å². The summed E-state index contributed by atoms with van der Waals surface area (Å²) >= 11 is 4.89. The SMILES string of the molecule is O=C(N[C@H]1CN2CCC1CC2)c1ncc(-c2ccc(Br)cc2)s1. The van der Waals surface area contributed by atoms with Gasteiger partial charge in [0.25, 0.3) is 5.91 Å². The number of piperidine rings is 3. The topological polar surface area (TPSA) is 45.2 Å². The Hall–Kier alpha value is -1.24. The molecule has 120 valence electrons. The average Bonchev–Trinajstić information content (AvgIpc) is 3.07. The molecule has 3 saturated heterocycles. The molecule has 0 spiro atoms. The quantitative estimate of drug-likeness (QED) is 0.871. The van der Waals surface area contributed by atoms with Crippen molar-refractivity contribution in [3.05, 3.63) is 39.9 Å². The van der Waals surface area contributed by atoms with Gasteiger partial charge in [0.1, 0.15) is 0 Å². The van der Waals surface area contributed by atoms with Crippen LogP contribution in [-0.4, -0.2) is 41.5 Å². The van der Waals surface area contributed by atoms with E-state index in [1.165, 1.54) is 37.3 Å². The van der Waals surface area contributed by atoms with E-state index >= 15 is 0 Å². The summed E-state index contributed by atoms with van der Waals surface area (Å²) in [5.41, 5.74) is 1.09. The summed E-state index contributed by atoms with van der Waals surface area (Å²) in [5, 5.41) is 3.76. The lowest BCUT2D eigenvalue weighted by Gasteiger charge is -2.44. The largest absolute Gasteiger partial charge is 0.346 e. The van der Waals surface area contributed by atoms with E-state index in [0.717, 1.165) is 21.5 Å². The van der Waals surface area contributed by atoms with Crippen molar-refractivity contribution in [2.24, 2.45) is 5.92 Å². The zero-order valence-electron chi connectivity index (χ0n) is 12.7. The number of halogens is 1. The molecular formula is C17H18BrN3OS. The fourth-order valence-corrected chi connectivity index (χ4v) is 4.57. The molecule has 3 aliphatic heterocycles. The second-order valence-corrected chi connectivity index (χ2v) is 8.20. The summed E-state index contributed by atoms with van der Waals surface area (Å²) in [5.74, 6) is 0.604. The zero-order chi connectivity index (χ0) is 15.8. The van der Waals surface area contributed by atoms with Crippen LogP contribution in [0.4, 0.5) is 0 Å². The first-order valence-corrected chi connectivity index (χ1v) is 9.55. The van der Waals surface area contributed by atoms with Crippen LogP contribution >= 0.6 is 27.3 Å². The number of benzene rings is 1. The maximum Gasteiger partial charge on any atom is 0.280 e. The number of rotatable bonds is 3. The van der Waals surface area contributed by atoms with Crippen LogP contribution in [0.15, 0.2) is 34.9 Å². The Balaban J connectivity index is 1.46. The minimum Gasteiger partial charge on any atom is -0.346 e. The standard InChI is InChI=1S/C17H18BrN3OS/c18-13-3-1-12(2-4-13)15-9-19-17(23-15)16(22)20-14-10-21-7-5-11(14)6-8-21/h1-4,9,11,14H,5-8,10H2,(H,20,22)/t14-/m0/s1. The molecule has 1 N–H and O–H groups in total. The highest BCUT2D eigenvalue weighted by Crippen LogP contribution is 2.29. The number of carbonyl (C=O) groups excluding carboxylic acids is 1. The Morgan fingerprint density at radius 2 is 2.00 bits per heavy atom. The molecule has 4 heterocycles. The second-order valence-electron chi connectivity index (χ2n) is 6.25. The first kappa shape index (κ1) is 15.3. The van der Waals surface area contributed by atoms with Crippen molar-refractivity contribution < 1.29 is 4.79 Å². The van der Waals surface area contributed by atoms with Crippen LogP contribution in [0.1, 0.15) is 22.6 Å². The third-order valence-electron chi connectivity index (χ3n) is 4.80. The Bertz CT molecular complexity index is 707. The summed E-state index contributed by atoms with van der Waals surface area (Å²) in [6, 6.07) is 8.36. The number of thiazole rings is 1. The first-order valence-electron chi connectivity index (χ1n) is 7.94. The first-order chi connectivity index (χ1) is 11.2. The van der Waals surface area contributed by atoms with Gasteiger partial charge in [-0.05, 0) is 49.5 Å². The number of hydrogen-bond donors (Lipinski definition) is 1. The monoisotopic (exact) mass is 391 g/mol. The Morgan fingerprint density at radius 3 is 2.65 bits per heavy atom. The number of nitrogens with zero attached hydrogens (tertiary/aromatic N) is 2. The van der Waals surface area contributed by atoms with E-state index in [-0.39, 0.29) is 11.9 Å². The molecule has 0 unspecified atom stereocenters. The molecular weight excluding hydrogens is 374 g/mol. The van der Waals surface area contributed by atoms with Gasteiger partial charge in [0.15, 0.2) is 5.01 Å². The van der Waals surface area contributed by atoms with Gasteiger partial charge >= 0.3 is 0 Å². The van der Waals surface area contributed by atoms with Gasteiger partial charge in [-0.3, -0.25) is 4.79 Å². The minimum absolute atomic E-state index is 0.0305. The molecule has 1 amide bonds. The smallest absolute Gasteiger partial charge is 0.280 e. The summed E-state index contributed by atoms with van der Waals surface area (Å²) in [7, 11) is 0. The third-order valence-corrected chi connectivity index (χ3v) is 6.38. The Labute approximate surface area is 148 Å². The highest BCUT2D eigenvalue weighted by molar-refractivity contribution is 9.10. The van der Waals surface area contributed by atoms with E-state index in [9.17, 15) is 4.79 Å². The lowest BCUT2D eigenvalue weighted by molar-refractivity contribution is 0.0620. The zero-order valence-corrected chi connectivity index (χ0v) is 15.1. The predicted molar refractivity (Wildman–Crippen MR) is 95.7 cm³/mol. The van der Waals surface area contributed by atoms with Gasteiger partial charge in [0, 0.05) is 23.3 Å². The van der Waals surface area contributed by atoms with Crippen molar-refractivity contribution in [3.63, 3.8) is 0 Å². The molecule has 2 aromatic rings. The van der Waals surface area contributed by atoms with E-state index in [0.29, 0.717) is 10.9 Å². The van der Waals surface area contributed by atoms with Gasteiger partial charge in [0.2, 0.25) is 0 Å². The maximum absolute atomic E-state index is 12.5. The maximum atomic E-state index is 12.5. The summed E-state index contributed by atoms with van der Waals surface area (Å²) in [6.45, 7) is 3.35. The molecule has 3 aliphatic rings. The predicted octanol–water partition coefficient (Wildman–Crippen LogP) is 3.40. The van der Waals surface area contributed by atoms with Crippen LogP contribution < -0.4 is 5.32 Å². The average molecular weight is 392 g/mol. The van der Waals surface area contributed by atoms with Crippen LogP contribution in [0, 0.1) is 5.92 Å².